The molecule has 0 spiro atoms. The lowest BCUT2D eigenvalue weighted by molar-refractivity contribution is -0.154. The number of urea groups is 1. The molecule has 1 heterocycles. The van der Waals surface area contributed by atoms with Crippen LogP contribution in [-0.4, -0.2) is 61.9 Å². The van der Waals surface area contributed by atoms with Gasteiger partial charge in [-0.05, 0) is 31.5 Å². The Labute approximate surface area is 186 Å². The highest BCUT2D eigenvalue weighted by molar-refractivity contribution is 7.86. The summed E-state index contributed by atoms with van der Waals surface area (Å²) in [6, 6.07) is 12.9. The first-order valence-electron chi connectivity index (χ1n) is 9.89. The molecule has 0 bridgehead atoms. The van der Waals surface area contributed by atoms with Crippen molar-refractivity contribution in [3.8, 4) is 0 Å². The lowest BCUT2D eigenvalue weighted by Gasteiger charge is -2.23. The number of amides is 3. The van der Waals surface area contributed by atoms with E-state index >= 15 is 0 Å². The Balaban J connectivity index is 1.72. The van der Waals surface area contributed by atoms with E-state index in [0.717, 1.165) is 11.1 Å². The lowest BCUT2D eigenvalue weighted by atomic mass is 10.2. The van der Waals surface area contributed by atoms with E-state index in [-0.39, 0.29) is 18.0 Å². The van der Waals surface area contributed by atoms with Crippen LogP contribution in [-0.2, 0) is 35.2 Å². The van der Waals surface area contributed by atoms with Gasteiger partial charge in [-0.2, -0.15) is 8.42 Å². The number of rotatable bonds is 7. The third-order valence-electron chi connectivity index (χ3n) is 4.95. The van der Waals surface area contributed by atoms with E-state index < -0.39 is 40.2 Å². The van der Waals surface area contributed by atoms with Gasteiger partial charge in [-0.25, -0.2) is 14.5 Å². The predicted octanol–water partition coefficient (Wildman–Crippen LogP) is 2.09. The van der Waals surface area contributed by atoms with Crippen molar-refractivity contribution in [2.45, 2.75) is 37.5 Å². The zero-order valence-electron chi connectivity index (χ0n) is 17.9. The van der Waals surface area contributed by atoms with Crippen molar-refractivity contribution in [2.75, 3.05) is 13.6 Å². The average molecular weight is 461 g/mol. The highest BCUT2D eigenvalue weighted by Gasteiger charge is 2.46. The topological polar surface area (TPSA) is 110 Å². The summed E-state index contributed by atoms with van der Waals surface area (Å²) >= 11 is 0. The molecule has 1 aliphatic rings. The molecule has 32 heavy (non-hydrogen) atoms. The van der Waals surface area contributed by atoms with Crippen LogP contribution in [0.2, 0.25) is 0 Å². The molecule has 0 unspecified atom stereocenters. The summed E-state index contributed by atoms with van der Waals surface area (Å²) in [6.45, 7) is 2.92. The van der Waals surface area contributed by atoms with Crippen LogP contribution in [0.1, 0.15) is 18.1 Å². The number of carbonyl (C=O) groups is 3. The molecule has 170 valence electrons. The van der Waals surface area contributed by atoms with Crippen LogP contribution in [0.5, 0.6) is 0 Å². The zero-order valence-corrected chi connectivity index (χ0v) is 18.7. The molecule has 1 aliphatic heterocycles. The fourth-order valence-electron chi connectivity index (χ4n) is 3.18. The van der Waals surface area contributed by atoms with E-state index in [9.17, 15) is 22.8 Å². The van der Waals surface area contributed by atoms with Crippen molar-refractivity contribution in [3.63, 3.8) is 0 Å². The normalized spacial score (nSPS) is 17.3. The van der Waals surface area contributed by atoms with Gasteiger partial charge in [0.1, 0.15) is 6.61 Å². The van der Waals surface area contributed by atoms with Crippen LogP contribution in [0.25, 0.3) is 0 Å². The summed E-state index contributed by atoms with van der Waals surface area (Å²) in [4.78, 5) is 39.9. The van der Waals surface area contributed by atoms with Crippen molar-refractivity contribution < 1.29 is 31.7 Å². The summed E-state index contributed by atoms with van der Waals surface area (Å²) in [6.07, 6.45) is -1.53. The number of esters is 1. The highest BCUT2D eigenvalue weighted by Crippen LogP contribution is 2.21. The molecule has 2 aromatic rings. The molecular weight excluding hydrogens is 436 g/mol. The van der Waals surface area contributed by atoms with Crippen molar-refractivity contribution >= 4 is 28.0 Å². The Hall–Kier alpha value is -3.24. The van der Waals surface area contributed by atoms with Gasteiger partial charge in [-0.1, -0.05) is 48.0 Å². The number of carbonyl (C=O) groups excluding carboxylic acids is 3. The number of ether oxygens (including phenoxy) is 1. The van der Waals surface area contributed by atoms with E-state index in [1.54, 1.807) is 43.3 Å². The standard InChI is InChI=1S/C22H24N2O7S/c1-15-9-11-18(12-10-15)32(28,29)31-16(2)20(25)24-19(13-23(3)22(24)27)21(26)30-14-17-7-5-4-6-8-17/h4-12,16,19H,13-14H2,1-3H3/t16-,19+/m1/s1. The minimum Gasteiger partial charge on any atom is -0.459 e. The first-order valence-corrected chi connectivity index (χ1v) is 11.3. The van der Waals surface area contributed by atoms with Crippen molar-refractivity contribution in [3.05, 3.63) is 65.7 Å². The Morgan fingerprint density at radius 2 is 1.72 bits per heavy atom. The van der Waals surface area contributed by atoms with Crippen LogP contribution in [0.4, 0.5) is 4.79 Å². The number of hydrogen-bond donors (Lipinski definition) is 0. The number of likely N-dealkylation sites (N-methyl/N-ethyl adjacent to an activating group) is 1. The van der Waals surface area contributed by atoms with Gasteiger partial charge in [0, 0.05) is 7.05 Å². The third kappa shape index (κ3) is 5.14. The largest absolute Gasteiger partial charge is 0.459 e. The molecule has 3 rings (SSSR count). The van der Waals surface area contributed by atoms with Crippen molar-refractivity contribution in [2.24, 2.45) is 0 Å². The Morgan fingerprint density at radius 3 is 2.34 bits per heavy atom. The molecule has 1 fully saturated rings. The lowest BCUT2D eigenvalue weighted by Crippen LogP contribution is -2.49. The monoisotopic (exact) mass is 460 g/mol. The number of imide groups is 1. The second-order valence-corrected chi connectivity index (χ2v) is 9.06. The molecule has 0 aromatic heterocycles. The number of nitrogens with zero attached hydrogens (tertiary/aromatic N) is 2. The maximum absolute atomic E-state index is 12.9. The van der Waals surface area contributed by atoms with Gasteiger partial charge in [0.25, 0.3) is 16.0 Å². The molecule has 2 aromatic carbocycles. The molecule has 0 aliphatic carbocycles. The molecule has 3 amide bonds. The Morgan fingerprint density at radius 1 is 1.09 bits per heavy atom. The van der Waals surface area contributed by atoms with Crippen LogP contribution in [0.3, 0.4) is 0 Å². The maximum atomic E-state index is 12.9. The van der Waals surface area contributed by atoms with Crippen molar-refractivity contribution in [1.82, 2.24) is 9.80 Å². The summed E-state index contributed by atoms with van der Waals surface area (Å²) in [5.41, 5.74) is 1.60. The number of hydrogen-bond acceptors (Lipinski definition) is 7. The molecule has 1 saturated heterocycles. The smallest absolute Gasteiger partial charge is 0.331 e. The molecule has 9 nitrogen and oxygen atoms in total. The Kier molecular flexibility index (Phi) is 6.95. The zero-order chi connectivity index (χ0) is 23.5. The van der Waals surface area contributed by atoms with Crippen LogP contribution in [0.15, 0.2) is 59.5 Å². The van der Waals surface area contributed by atoms with Gasteiger partial charge in [0.15, 0.2) is 12.1 Å². The van der Waals surface area contributed by atoms with Crippen LogP contribution < -0.4 is 0 Å². The van der Waals surface area contributed by atoms with Gasteiger partial charge >= 0.3 is 12.0 Å². The molecule has 0 radical (unpaired) electrons. The quantitative estimate of drug-likeness (QED) is 0.460. The van der Waals surface area contributed by atoms with Gasteiger partial charge in [0.2, 0.25) is 0 Å². The fourth-order valence-corrected chi connectivity index (χ4v) is 4.22. The molecule has 2 atom stereocenters. The minimum atomic E-state index is -4.25. The molecule has 0 saturated carbocycles. The summed E-state index contributed by atoms with van der Waals surface area (Å²) in [5.74, 6) is -1.72. The van der Waals surface area contributed by atoms with E-state index in [0.29, 0.717) is 4.90 Å². The van der Waals surface area contributed by atoms with E-state index in [1.807, 2.05) is 6.07 Å². The summed E-state index contributed by atoms with van der Waals surface area (Å²) < 4.78 is 35.3. The van der Waals surface area contributed by atoms with Gasteiger partial charge < -0.3 is 9.64 Å². The average Bonchev–Trinajstić information content (AvgIpc) is 3.06. The first-order chi connectivity index (χ1) is 15.1. The van der Waals surface area contributed by atoms with Gasteiger partial charge in [-0.3, -0.25) is 8.98 Å². The number of aryl methyl sites for hydroxylation is 1. The second-order valence-electron chi connectivity index (χ2n) is 7.49. The van der Waals surface area contributed by atoms with E-state index in [4.69, 9.17) is 8.92 Å². The predicted molar refractivity (Wildman–Crippen MR) is 114 cm³/mol. The molecule has 10 heteroatoms. The van der Waals surface area contributed by atoms with Crippen molar-refractivity contribution in [1.29, 1.82) is 0 Å². The first kappa shape index (κ1) is 23.4. The summed E-state index contributed by atoms with van der Waals surface area (Å²) in [5, 5.41) is 0. The maximum Gasteiger partial charge on any atom is 0.331 e. The summed E-state index contributed by atoms with van der Waals surface area (Å²) in [7, 11) is -2.82. The van der Waals surface area contributed by atoms with Gasteiger partial charge in [0.05, 0.1) is 11.4 Å². The Bertz CT molecular complexity index is 1100. The fraction of sp³-hybridized carbons (Fsp3) is 0.318. The highest BCUT2D eigenvalue weighted by atomic mass is 32.2. The van der Waals surface area contributed by atoms with Crippen LogP contribution >= 0.6 is 0 Å². The van der Waals surface area contributed by atoms with Crippen LogP contribution in [0, 0.1) is 6.92 Å². The van der Waals surface area contributed by atoms with Gasteiger partial charge in [-0.15, -0.1) is 0 Å². The number of benzene rings is 2. The second kappa shape index (κ2) is 9.49. The SMILES string of the molecule is Cc1ccc(S(=O)(=O)O[C@H](C)C(=O)N2C(=O)N(C)C[C@H]2C(=O)OCc2ccccc2)cc1. The molecular formula is C22H24N2O7S. The minimum absolute atomic E-state index is 0.0238. The third-order valence-corrected chi connectivity index (χ3v) is 6.34. The molecule has 0 N–H and O–H groups in total. The van der Waals surface area contributed by atoms with E-state index in [2.05, 4.69) is 0 Å². The van der Waals surface area contributed by atoms with E-state index in [1.165, 1.54) is 31.0 Å².